The third-order valence-corrected chi connectivity index (χ3v) is 2.26. The van der Waals surface area contributed by atoms with E-state index in [2.05, 4.69) is 15.3 Å². The summed E-state index contributed by atoms with van der Waals surface area (Å²) in [5, 5.41) is 11.2. The highest BCUT2D eigenvalue weighted by molar-refractivity contribution is 6.29. The number of amides is 1. The molecule has 2 aromatic heterocycles. The average Bonchev–Trinajstić information content (AvgIpc) is 2.29. The normalized spacial score (nSPS) is 9.94. The zero-order valence-electron chi connectivity index (χ0n) is 8.59. The number of nitrogens with one attached hydrogen (secondary N) is 1. The minimum absolute atomic E-state index is 0.216. The third-order valence-electron chi connectivity index (χ3n) is 2.05. The van der Waals surface area contributed by atoms with Crippen molar-refractivity contribution in [3.05, 3.63) is 41.8 Å². The molecule has 0 aliphatic heterocycles. The number of hydrogen-bond donors (Lipinski definition) is 2. The lowest BCUT2D eigenvalue weighted by atomic mass is 10.1. The molecule has 2 N–H and O–H groups in total. The van der Waals surface area contributed by atoms with Gasteiger partial charge in [0.25, 0.3) is 0 Å². The Bertz CT molecular complexity index is 546. The highest BCUT2D eigenvalue weighted by Gasteiger charge is 2.09. The first-order chi connectivity index (χ1) is 8.16. The molecule has 0 aliphatic rings. The van der Waals surface area contributed by atoms with Gasteiger partial charge in [-0.2, -0.15) is 0 Å². The number of anilines is 1. The number of hydrogen-bond acceptors (Lipinski definition) is 3. The van der Waals surface area contributed by atoms with Gasteiger partial charge in [0.1, 0.15) is 5.15 Å². The number of aromatic nitrogens is 2. The number of halogens is 1. The molecule has 0 bridgehead atoms. The SMILES string of the molecule is O=C(O)Nc1cc(Cl)ncc1-c1ccccn1. The fourth-order valence-electron chi connectivity index (χ4n) is 1.37. The van der Waals surface area contributed by atoms with Gasteiger partial charge in [-0.1, -0.05) is 17.7 Å². The monoisotopic (exact) mass is 249 g/mol. The zero-order valence-corrected chi connectivity index (χ0v) is 9.35. The molecule has 6 heteroatoms. The molecule has 0 radical (unpaired) electrons. The summed E-state index contributed by atoms with van der Waals surface area (Å²) in [5.74, 6) is 0. The van der Waals surface area contributed by atoms with Crippen LogP contribution >= 0.6 is 11.6 Å². The molecule has 0 aliphatic carbocycles. The van der Waals surface area contributed by atoms with Gasteiger partial charge in [-0.15, -0.1) is 0 Å². The van der Waals surface area contributed by atoms with Gasteiger partial charge < -0.3 is 5.11 Å². The van der Waals surface area contributed by atoms with Crippen LogP contribution < -0.4 is 5.32 Å². The van der Waals surface area contributed by atoms with Crippen LogP contribution in [0.2, 0.25) is 5.15 Å². The summed E-state index contributed by atoms with van der Waals surface area (Å²) in [6.45, 7) is 0. The molecule has 86 valence electrons. The summed E-state index contributed by atoms with van der Waals surface area (Å²) in [7, 11) is 0. The Morgan fingerprint density at radius 3 is 2.82 bits per heavy atom. The Morgan fingerprint density at radius 1 is 1.35 bits per heavy atom. The number of rotatable bonds is 2. The summed E-state index contributed by atoms with van der Waals surface area (Å²) in [6.07, 6.45) is 1.94. The molecule has 17 heavy (non-hydrogen) atoms. The van der Waals surface area contributed by atoms with Crippen LogP contribution in [0.1, 0.15) is 0 Å². The first-order valence-electron chi connectivity index (χ1n) is 4.74. The fourth-order valence-corrected chi connectivity index (χ4v) is 1.53. The fraction of sp³-hybridized carbons (Fsp3) is 0. The van der Waals surface area contributed by atoms with E-state index in [0.29, 0.717) is 16.9 Å². The van der Waals surface area contributed by atoms with Crippen LogP contribution in [0.3, 0.4) is 0 Å². The van der Waals surface area contributed by atoms with E-state index in [-0.39, 0.29) is 5.15 Å². The van der Waals surface area contributed by atoms with Gasteiger partial charge in [-0.25, -0.2) is 9.78 Å². The third kappa shape index (κ3) is 2.70. The molecule has 0 unspecified atom stereocenters. The van der Waals surface area contributed by atoms with Crippen LogP contribution in [0.4, 0.5) is 10.5 Å². The van der Waals surface area contributed by atoms with Crippen molar-refractivity contribution < 1.29 is 9.90 Å². The van der Waals surface area contributed by atoms with Crippen LogP contribution in [0.25, 0.3) is 11.3 Å². The van der Waals surface area contributed by atoms with Crippen molar-refractivity contribution >= 4 is 23.4 Å². The summed E-state index contributed by atoms with van der Waals surface area (Å²) in [4.78, 5) is 18.7. The predicted molar refractivity (Wildman–Crippen MR) is 64.1 cm³/mol. The second-order valence-electron chi connectivity index (χ2n) is 3.20. The molecule has 0 saturated carbocycles. The minimum Gasteiger partial charge on any atom is -0.465 e. The largest absolute Gasteiger partial charge is 0.465 e. The van der Waals surface area contributed by atoms with Crippen molar-refractivity contribution in [2.24, 2.45) is 0 Å². The van der Waals surface area contributed by atoms with E-state index in [0.717, 1.165) is 0 Å². The molecule has 0 spiro atoms. The van der Waals surface area contributed by atoms with Crippen molar-refractivity contribution in [1.82, 2.24) is 9.97 Å². The molecule has 5 nitrogen and oxygen atoms in total. The van der Waals surface area contributed by atoms with Gasteiger partial charge in [-0.05, 0) is 18.2 Å². The zero-order chi connectivity index (χ0) is 12.3. The topological polar surface area (TPSA) is 75.1 Å². The smallest absolute Gasteiger partial charge is 0.409 e. The molecular weight excluding hydrogens is 242 g/mol. The van der Waals surface area contributed by atoms with Gasteiger partial charge >= 0.3 is 6.09 Å². The molecule has 0 atom stereocenters. The number of carboxylic acid groups (broad SMARTS) is 1. The van der Waals surface area contributed by atoms with Gasteiger partial charge in [0.2, 0.25) is 0 Å². The first-order valence-corrected chi connectivity index (χ1v) is 5.11. The summed E-state index contributed by atoms with van der Waals surface area (Å²) in [6, 6.07) is 6.79. The lowest BCUT2D eigenvalue weighted by Crippen LogP contribution is -2.08. The number of carbonyl (C=O) groups is 1. The van der Waals surface area contributed by atoms with Crippen LogP contribution in [0.5, 0.6) is 0 Å². The highest BCUT2D eigenvalue weighted by Crippen LogP contribution is 2.27. The van der Waals surface area contributed by atoms with E-state index in [4.69, 9.17) is 16.7 Å². The lowest BCUT2D eigenvalue weighted by molar-refractivity contribution is 0.210. The summed E-state index contributed by atoms with van der Waals surface area (Å²) >= 11 is 5.72. The van der Waals surface area contributed by atoms with Gasteiger partial charge in [0, 0.05) is 18.0 Å². The second kappa shape index (κ2) is 4.80. The minimum atomic E-state index is -1.16. The summed E-state index contributed by atoms with van der Waals surface area (Å²) in [5.41, 5.74) is 1.56. The van der Waals surface area contributed by atoms with Gasteiger partial charge in [-0.3, -0.25) is 10.3 Å². The maximum absolute atomic E-state index is 10.7. The second-order valence-corrected chi connectivity index (χ2v) is 3.58. The molecule has 2 aromatic rings. The number of pyridine rings is 2. The van der Waals surface area contributed by atoms with Crippen molar-refractivity contribution in [2.75, 3.05) is 5.32 Å². The van der Waals surface area contributed by atoms with Crippen LogP contribution in [-0.2, 0) is 0 Å². The molecular formula is C11H8ClN3O2. The Labute approximate surface area is 102 Å². The highest BCUT2D eigenvalue weighted by atomic mass is 35.5. The van der Waals surface area contributed by atoms with Crippen LogP contribution in [0.15, 0.2) is 36.7 Å². The maximum Gasteiger partial charge on any atom is 0.409 e. The number of nitrogens with zero attached hydrogens (tertiary/aromatic N) is 2. The average molecular weight is 250 g/mol. The maximum atomic E-state index is 10.7. The lowest BCUT2D eigenvalue weighted by Gasteiger charge is -2.08. The Balaban J connectivity index is 2.50. The first kappa shape index (κ1) is 11.3. The van der Waals surface area contributed by atoms with E-state index >= 15 is 0 Å². The molecule has 2 heterocycles. The quantitative estimate of drug-likeness (QED) is 0.803. The van der Waals surface area contributed by atoms with Gasteiger partial charge in [0.15, 0.2) is 0 Å². The Hall–Kier alpha value is -2.14. The van der Waals surface area contributed by atoms with Gasteiger partial charge in [0.05, 0.1) is 11.4 Å². The van der Waals surface area contributed by atoms with E-state index in [1.807, 2.05) is 6.07 Å². The van der Waals surface area contributed by atoms with E-state index in [1.165, 1.54) is 12.3 Å². The van der Waals surface area contributed by atoms with Crippen molar-refractivity contribution in [2.45, 2.75) is 0 Å². The molecule has 2 rings (SSSR count). The summed E-state index contributed by atoms with van der Waals surface area (Å²) < 4.78 is 0. The predicted octanol–water partition coefficient (Wildman–Crippen LogP) is 2.89. The van der Waals surface area contributed by atoms with E-state index < -0.39 is 6.09 Å². The van der Waals surface area contributed by atoms with Crippen molar-refractivity contribution in [3.63, 3.8) is 0 Å². The molecule has 0 aromatic carbocycles. The van der Waals surface area contributed by atoms with Crippen molar-refractivity contribution in [1.29, 1.82) is 0 Å². The molecule has 1 amide bonds. The van der Waals surface area contributed by atoms with E-state index in [1.54, 1.807) is 18.3 Å². The standard InChI is InChI=1S/C11H8ClN3O2/c12-10-5-9(15-11(16)17)7(6-14-10)8-3-1-2-4-13-8/h1-6H,(H,14,15)(H,16,17). The Kier molecular flexibility index (Phi) is 3.20. The van der Waals surface area contributed by atoms with E-state index in [9.17, 15) is 4.79 Å². The van der Waals surface area contributed by atoms with Crippen LogP contribution in [0, 0.1) is 0 Å². The Morgan fingerprint density at radius 2 is 2.18 bits per heavy atom. The van der Waals surface area contributed by atoms with Crippen molar-refractivity contribution in [3.8, 4) is 11.3 Å². The molecule has 0 fully saturated rings. The van der Waals surface area contributed by atoms with Crippen LogP contribution in [-0.4, -0.2) is 21.2 Å². The molecule has 0 saturated heterocycles.